The van der Waals surface area contributed by atoms with Crippen LogP contribution in [-0.2, 0) is 38.1 Å². The number of hydrogen-bond acceptors (Lipinski definition) is 9. The van der Waals surface area contributed by atoms with Crippen LogP contribution in [0, 0.1) is 5.92 Å². The maximum absolute atomic E-state index is 12.5. The molecule has 54 heavy (non-hydrogen) atoms. The van der Waals surface area contributed by atoms with E-state index in [1.54, 1.807) is 0 Å². The van der Waals surface area contributed by atoms with Gasteiger partial charge in [-0.1, -0.05) is 150 Å². The third-order valence-corrected chi connectivity index (χ3v) is 10.1. The number of hydrogen-bond donors (Lipinski definition) is 1. The van der Waals surface area contributed by atoms with Crippen molar-refractivity contribution in [2.24, 2.45) is 5.92 Å². The van der Waals surface area contributed by atoms with Crippen molar-refractivity contribution in [3.63, 3.8) is 0 Å². The minimum Gasteiger partial charge on any atom is -0.465 e. The summed E-state index contributed by atoms with van der Waals surface area (Å²) in [5, 5.41) is 9.77. The zero-order valence-corrected chi connectivity index (χ0v) is 35.7. The maximum atomic E-state index is 12.5. The van der Waals surface area contributed by atoms with E-state index >= 15 is 0 Å². The first-order valence-corrected chi connectivity index (χ1v) is 22.7. The quantitative estimate of drug-likeness (QED) is 0.0280. The van der Waals surface area contributed by atoms with Gasteiger partial charge in [0.1, 0.15) is 6.10 Å². The van der Waals surface area contributed by atoms with Crippen molar-refractivity contribution in [3.8, 4) is 0 Å². The minimum absolute atomic E-state index is 0.00774. The molecule has 9 nitrogen and oxygen atoms in total. The van der Waals surface area contributed by atoms with Crippen LogP contribution >= 0.6 is 0 Å². The van der Waals surface area contributed by atoms with Crippen molar-refractivity contribution in [1.29, 1.82) is 0 Å². The first-order chi connectivity index (χ1) is 26.4. The van der Waals surface area contributed by atoms with Crippen LogP contribution in [0.3, 0.4) is 0 Å². The normalized spacial score (nSPS) is 12.6. The summed E-state index contributed by atoms with van der Waals surface area (Å²) in [6.07, 6.45) is 30.1. The molecule has 0 aromatic carbocycles. The van der Waals surface area contributed by atoms with Gasteiger partial charge in [-0.15, -0.1) is 0 Å². The molecule has 2 atom stereocenters. The van der Waals surface area contributed by atoms with E-state index in [9.17, 15) is 19.5 Å². The monoisotopic (exact) mass is 771 g/mol. The number of ether oxygens (including phenoxy) is 5. The van der Waals surface area contributed by atoms with Crippen LogP contribution in [0.1, 0.15) is 220 Å². The van der Waals surface area contributed by atoms with Gasteiger partial charge in [0.25, 0.3) is 0 Å². The molecule has 0 aromatic rings. The molecule has 0 aliphatic rings. The summed E-state index contributed by atoms with van der Waals surface area (Å²) in [6, 6.07) is 0. The average molecular weight is 771 g/mol. The second-order valence-corrected chi connectivity index (χ2v) is 15.4. The van der Waals surface area contributed by atoms with Gasteiger partial charge in [0.2, 0.25) is 0 Å². The highest BCUT2D eigenvalue weighted by molar-refractivity contribution is 5.70. The van der Waals surface area contributed by atoms with E-state index < -0.39 is 12.2 Å². The van der Waals surface area contributed by atoms with Crippen molar-refractivity contribution in [3.05, 3.63) is 0 Å². The Morgan fingerprint density at radius 2 is 0.870 bits per heavy atom. The van der Waals surface area contributed by atoms with Gasteiger partial charge in [0.05, 0.1) is 32.2 Å². The molecule has 0 fully saturated rings. The van der Waals surface area contributed by atoms with Crippen molar-refractivity contribution < 1.29 is 43.2 Å². The molecule has 0 saturated heterocycles. The molecule has 2 unspecified atom stereocenters. The van der Waals surface area contributed by atoms with Gasteiger partial charge in [-0.05, 0) is 44.9 Å². The molecular weight excluding hydrogens is 684 g/mol. The van der Waals surface area contributed by atoms with Crippen LogP contribution in [0.4, 0.5) is 0 Å². The predicted molar refractivity (Wildman–Crippen MR) is 219 cm³/mol. The number of aliphatic hydroxyl groups excluding tert-OH is 1. The second kappa shape index (κ2) is 40.9. The number of aliphatic hydroxyl groups is 1. The Labute approximate surface area is 332 Å². The summed E-state index contributed by atoms with van der Waals surface area (Å²) in [7, 11) is 0. The largest absolute Gasteiger partial charge is 0.465 e. The fourth-order valence-corrected chi connectivity index (χ4v) is 6.35. The molecule has 1 N–H and O–H groups in total. The summed E-state index contributed by atoms with van der Waals surface area (Å²) in [5.41, 5.74) is 0. The van der Waals surface area contributed by atoms with E-state index in [0.717, 1.165) is 70.6 Å². The zero-order valence-electron chi connectivity index (χ0n) is 35.7. The lowest BCUT2D eigenvalue weighted by Gasteiger charge is -2.19. The van der Waals surface area contributed by atoms with Gasteiger partial charge in [-0.3, -0.25) is 14.4 Å². The third-order valence-electron chi connectivity index (χ3n) is 10.1. The summed E-state index contributed by atoms with van der Waals surface area (Å²) < 4.78 is 28.5. The van der Waals surface area contributed by atoms with E-state index in [4.69, 9.17) is 23.7 Å². The molecule has 0 aliphatic heterocycles. The van der Waals surface area contributed by atoms with E-state index in [-0.39, 0.29) is 50.3 Å². The number of esters is 3. The molecular formula is C45H86O9. The molecule has 0 aromatic heterocycles. The summed E-state index contributed by atoms with van der Waals surface area (Å²) in [5.74, 6) is -1.26. The molecule has 0 spiro atoms. The highest BCUT2D eigenvalue weighted by Crippen LogP contribution is 2.16. The third kappa shape index (κ3) is 36.0. The molecule has 0 amide bonds. The van der Waals surface area contributed by atoms with Gasteiger partial charge >= 0.3 is 17.9 Å². The first-order valence-electron chi connectivity index (χ1n) is 22.7. The molecule has 0 aliphatic carbocycles. The van der Waals surface area contributed by atoms with Gasteiger partial charge in [-0.2, -0.15) is 0 Å². The Morgan fingerprint density at radius 3 is 1.33 bits per heavy atom. The zero-order chi connectivity index (χ0) is 39.7. The molecule has 320 valence electrons. The van der Waals surface area contributed by atoms with Crippen LogP contribution < -0.4 is 0 Å². The van der Waals surface area contributed by atoms with Gasteiger partial charge in [-0.25, -0.2) is 0 Å². The fraction of sp³-hybridized carbons (Fsp3) is 0.933. The number of rotatable bonds is 42. The molecule has 0 saturated carbocycles. The highest BCUT2D eigenvalue weighted by Gasteiger charge is 2.17. The Hall–Kier alpha value is -1.71. The van der Waals surface area contributed by atoms with Gasteiger partial charge in [0.15, 0.2) is 6.29 Å². The Bertz CT molecular complexity index is 818. The standard InChI is InChI=1S/C45H86O9/c1-5-9-12-15-18-20-25-30-41(8-4)54-44(49)32-27-22-19-21-26-31-42(47)52-38-40(37-46)39-53-43(48)33-34-45(50-35-28-23-16-13-10-6-2)51-36-29-24-17-14-11-7-3/h40-41,45-46H,5-39H2,1-4H3. The smallest absolute Gasteiger partial charge is 0.306 e. The molecule has 9 heteroatoms. The second-order valence-electron chi connectivity index (χ2n) is 15.4. The minimum atomic E-state index is -0.468. The fourth-order valence-electron chi connectivity index (χ4n) is 6.35. The molecule has 0 heterocycles. The van der Waals surface area contributed by atoms with Crippen LogP contribution in [0.25, 0.3) is 0 Å². The van der Waals surface area contributed by atoms with Crippen LogP contribution in [-0.4, -0.2) is 68.4 Å². The molecule has 0 bridgehead atoms. The summed E-state index contributed by atoms with van der Waals surface area (Å²) in [6.45, 7) is 9.75. The number of carbonyl (C=O) groups excluding carboxylic acids is 3. The summed E-state index contributed by atoms with van der Waals surface area (Å²) >= 11 is 0. The van der Waals surface area contributed by atoms with Gasteiger partial charge in [0, 0.05) is 32.5 Å². The van der Waals surface area contributed by atoms with Crippen molar-refractivity contribution in [1.82, 2.24) is 0 Å². The lowest BCUT2D eigenvalue weighted by molar-refractivity contribution is -0.161. The van der Waals surface area contributed by atoms with Crippen molar-refractivity contribution in [2.45, 2.75) is 233 Å². The Kier molecular flexibility index (Phi) is 39.6. The predicted octanol–water partition coefficient (Wildman–Crippen LogP) is 11.7. The first kappa shape index (κ1) is 52.3. The van der Waals surface area contributed by atoms with E-state index in [0.29, 0.717) is 38.9 Å². The van der Waals surface area contributed by atoms with E-state index in [2.05, 4.69) is 27.7 Å². The Balaban J connectivity index is 4.15. The summed E-state index contributed by atoms with van der Waals surface area (Å²) in [4.78, 5) is 37.1. The highest BCUT2D eigenvalue weighted by atomic mass is 16.7. The van der Waals surface area contributed by atoms with Crippen molar-refractivity contribution >= 4 is 17.9 Å². The van der Waals surface area contributed by atoms with Crippen LogP contribution in [0.15, 0.2) is 0 Å². The lowest BCUT2D eigenvalue weighted by atomic mass is 10.1. The molecule has 0 rings (SSSR count). The van der Waals surface area contributed by atoms with Crippen LogP contribution in [0.2, 0.25) is 0 Å². The van der Waals surface area contributed by atoms with Crippen molar-refractivity contribution in [2.75, 3.05) is 33.0 Å². The average Bonchev–Trinajstić information content (AvgIpc) is 3.17. The van der Waals surface area contributed by atoms with Crippen LogP contribution in [0.5, 0.6) is 0 Å². The maximum Gasteiger partial charge on any atom is 0.306 e. The molecule has 0 radical (unpaired) electrons. The Morgan fingerprint density at radius 1 is 0.463 bits per heavy atom. The van der Waals surface area contributed by atoms with E-state index in [1.165, 1.54) is 89.9 Å². The lowest BCUT2D eigenvalue weighted by Crippen LogP contribution is -2.25. The number of carbonyl (C=O) groups is 3. The topological polar surface area (TPSA) is 118 Å². The SMILES string of the molecule is CCCCCCCCCC(CC)OC(=O)CCCCCCCC(=O)OCC(CO)COC(=O)CCC(OCCCCCCCC)OCCCCCCCC. The number of unbranched alkanes of at least 4 members (excludes halogenated alkanes) is 20. The van der Waals surface area contributed by atoms with Gasteiger partial charge < -0.3 is 28.8 Å². The van der Waals surface area contributed by atoms with E-state index in [1.807, 2.05) is 0 Å².